The van der Waals surface area contributed by atoms with Crippen molar-refractivity contribution >= 4 is 5.91 Å². The van der Waals surface area contributed by atoms with E-state index in [1.54, 1.807) is 0 Å². The maximum Gasteiger partial charge on any atom is 0.224 e. The van der Waals surface area contributed by atoms with Crippen LogP contribution in [-0.2, 0) is 4.79 Å². The van der Waals surface area contributed by atoms with Gasteiger partial charge in [-0.2, -0.15) is 0 Å². The molecular formula is C16H28N2O. The predicted molar refractivity (Wildman–Crippen MR) is 76.4 cm³/mol. The Morgan fingerprint density at radius 1 is 1.16 bits per heavy atom. The average Bonchev–Trinajstić information content (AvgIpc) is 2.36. The molecule has 0 aromatic carbocycles. The highest BCUT2D eigenvalue weighted by atomic mass is 16.1. The van der Waals surface area contributed by atoms with Crippen LogP contribution in [0.1, 0.15) is 52.4 Å². The molecule has 4 aliphatic carbocycles. The molecule has 0 aromatic heterocycles. The van der Waals surface area contributed by atoms with Gasteiger partial charge in [-0.25, -0.2) is 0 Å². The van der Waals surface area contributed by atoms with E-state index >= 15 is 0 Å². The monoisotopic (exact) mass is 264 g/mol. The van der Waals surface area contributed by atoms with Crippen LogP contribution in [0.25, 0.3) is 0 Å². The van der Waals surface area contributed by atoms with Gasteiger partial charge in [-0.15, -0.1) is 0 Å². The smallest absolute Gasteiger partial charge is 0.224 e. The van der Waals surface area contributed by atoms with E-state index in [1.807, 2.05) is 6.92 Å². The Hall–Kier alpha value is -0.570. The molecule has 0 heterocycles. The molecule has 2 atom stereocenters. The van der Waals surface area contributed by atoms with E-state index in [4.69, 9.17) is 5.73 Å². The minimum Gasteiger partial charge on any atom is -0.353 e. The minimum atomic E-state index is -0.0589. The molecule has 3 N–H and O–H groups in total. The highest BCUT2D eigenvalue weighted by Crippen LogP contribution is 2.61. The summed E-state index contributed by atoms with van der Waals surface area (Å²) in [5.74, 6) is 2.91. The van der Waals surface area contributed by atoms with E-state index in [9.17, 15) is 4.79 Å². The number of carbonyl (C=O) groups is 1. The van der Waals surface area contributed by atoms with Crippen molar-refractivity contribution in [3.63, 3.8) is 0 Å². The number of rotatable bonds is 4. The fourth-order valence-electron chi connectivity index (χ4n) is 5.32. The second kappa shape index (κ2) is 4.76. The van der Waals surface area contributed by atoms with E-state index in [1.165, 1.54) is 38.5 Å². The normalized spacial score (nSPS) is 43.0. The number of nitrogens with two attached hydrogens (primary N) is 1. The Bertz CT molecular complexity index is 330. The van der Waals surface area contributed by atoms with Gasteiger partial charge in [0.15, 0.2) is 0 Å². The van der Waals surface area contributed by atoms with Crippen LogP contribution in [0.5, 0.6) is 0 Å². The molecule has 1 amide bonds. The van der Waals surface area contributed by atoms with Gasteiger partial charge in [0.2, 0.25) is 5.91 Å². The zero-order valence-corrected chi connectivity index (χ0v) is 12.3. The third kappa shape index (κ3) is 2.31. The largest absolute Gasteiger partial charge is 0.353 e. The maximum atomic E-state index is 12.1. The third-order valence-electron chi connectivity index (χ3n) is 6.16. The second-order valence-electron chi connectivity index (χ2n) is 7.65. The fourth-order valence-corrected chi connectivity index (χ4v) is 5.32. The molecule has 4 aliphatic rings. The van der Waals surface area contributed by atoms with Gasteiger partial charge in [-0.05, 0) is 68.6 Å². The van der Waals surface area contributed by atoms with E-state index in [0.29, 0.717) is 18.0 Å². The molecule has 108 valence electrons. The van der Waals surface area contributed by atoms with Gasteiger partial charge >= 0.3 is 0 Å². The van der Waals surface area contributed by atoms with Gasteiger partial charge in [0.25, 0.3) is 0 Å². The molecule has 0 spiro atoms. The van der Waals surface area contributed by atoms with Gasteiger partial charge in [0, 0.05) is 18.5 Å². The van der Waals surface area contributed by atoms with Gasteiger partial charge in [0.05, 0.1) is 0 Å². The number of hydrogen-bond acceptors (Lipinski definition) is 2. The Kier molecular flexibility index (Phi) is 3.36. The van der Waals surface area contributed by atoms with Crippen LogP contribution < -0.4 is 11.1 Å². The molecule has 3 nitrogen and oxygen atoms in total. The lowest BCUT2D eigenvalue weighted by molar-refractivity contribution is -0.128. The van der Waals surface area contributed by atoms with Crippen LogP contribution in [-0.4, -0.2) is 18.5 Å². The van der Waals surface area contributed by atoms with Crippen molar-refractivity contribution in [2.45, 2.75) is 58.4 Å². The molecule has 0 aliphatic heterocycles. The summed E-state index contributed by atoms with van der Waals surface area (Å²) in [5, 5.41) is 3.27. The van der Waals surface area contributed by atoms with Crippen LogP contribution >= 0.6 is 0 Å². The molecule has 2 unspecified atom stereocenters. The number of hydrogen-bond donors (Lipinski definition) is 2. The van der Waals surface area contributed by atoms with Crippen molar-refractivity contribution in [2.24, 2.45) is 34.8 Å². The summed E-state index contributed by atoms with van der Waals surface area (Å²) in [6, 6.07) is 0.322. The van der Waals surface area contributed by atoms with E-state index in [2.05, 4.69) is 12.2 Å². The van der Waals surface area contributed by atoms with Gasteiger partial charge in [-0.3, -0.25) is 4.79 Å². The first-order valence-electron chi connectivity index (χ1n) is 8.03. The molecule has 0 aromatic rings. The van der Waals surface area contributed by atoms with Crippen LogP contribution in [0.3, 0.4) is 0 Å². The van der Waals surface area contributed by atoms with Crippen molar-refractivity contribution < 1.29 is 4.79 Å². The van der Waals surface area contributed by atoms with Crippen molar-refractivity contribution in [1.29, 1.82) is 0 Å². The Labute approximate surface area is 116 Å². The summed E-state index contributed by atoms with van der Waals surface area (Å²) in [6.07, 6.45) is 8.41. The zero-order valence-electron chi connectivity index (χ0n) is 12.3. The Morgan fingerprint density at radius 3 is 2.05 bits per heavy atom. The first-order chi connectivity index (χ1) is 9.02. The average molecular weight is 264 g/mol. The molecule has 4 fully saturated rings. The topological polar surface area (TPSA) is 55.1 Å². The van der Waals surface area contributed by atoms with Crippen molar-refractivity contribution in [2.75, 3.05) is 6.54 Å². The lowest BCUT2D eigenvalue weighted by atomic mass is 9.48. The molecule has 4 saturated carbocycles. The summed E-state index contributed by atoms with van der Waals surface area (Å²) in [6.45, 7) is 4.59. The summed E-state index contributed by atoms with van der Waals surface area (Å²) >= 11 is 0. The van der Waals surface area contributed by atoms with Gasteiger partial charge < -0.3 is 11.1 Å². The van der Waals surface area contributed by atoms with Crippen molar-refractivity contribution in [3.8, 4) is 0 Å². The van der Waals surface area contributed by atoms with Crippen LogP contribution in [0.4, 0.5) is 0 Å². The van der Waals surface area contributed by atoms with E-state index in [-0.39, 0.29) is 11.8 Å². The number of amides is 1. The predicted octanol–water partition coefficient (Wildman–Crippen LogP) is 2.30. The lowest BCUT2D eigenvalue weighted by Gasteiger charge is -2.59. The van der Waals surface area contributed by atoms with Crippen molar-refractivity contribution in [1.82, 2.24) is 5.32 Å². The van der Waals surface area contributed by atoms with Crippen LogP contribution in [0.15, 0.2) is 0 Å². The van der Waals surface area contributed by atoms with E-state index in [0.717, 1.165) is 17.8 Å². The SMILES string of the molecule is CC(CN)C(=O)NC(C)C12CC3CC(CC(C3)C1)C2. The third-order valence-corrected chi connectivity index (χ3v) is 6.16. The molecule has 3 heteroatoms. The first kappa shape index (κ1) is 13.4. The van der Waals surface area contributed by atoms with Gasteiger partial charge in [-0.1, -0.05) is 6.92 Å². The summed E-state index contributed by atoms with van der Waals surface area (Å²) in [5.41, 5.74) is 6.00. The highest BCUT2D eigenvalue weighted by Gasteiger charge is 2.53. The summed E-state index contributed by atoms with van der Waals surface area (Å²) in [7, 11) is 0. The first-order valence-corrected chi connectivity index (χ1v) is 8.03. The molecule has 0 radical (unpaired) electrons. The quantitative estimate of drug-likeness (QED) is 0.818. The lowest BCUT2D eigenvalue weighted by Crippen LogP contribution is -2.56. The highest BCUT2D eigenvalue weighted by molar-refractivity contribution is 5.78. The summed E-state index contributed by atoms with van der Waals surface area (Å²) in [4.78, 5) is 12.1. The zero-order chi connectivity index (χ0) is 13.6. The molecule has 19 heavy (non-hydrogen) atoms. The minimum absolute atomic E-state index is 0.0589. The molecule has 4 rings (SSSR count). The number of nitrogens with one attached hydrogen (secondary N) is 1. The Morgan fingerprint density at radius 2 is 1.63 bits per heavy atom. The molecule has 4 bridgehead atoms. The van der Waals surface area contributed by atoms with Crippen LogP contribution in [0, 0.1) is 29.1 Å². The van der Waals surface area contributed by atoms with E-state index < -0.39 is 0 Å². The Balaban J connectivity index is 1.69. The fraction of sp³-hybridized carbons (Fsp3) is 0.938. The molecular weight excluding hydrogens is 236 g/mol. The maximum absolute atomic E-state index is 12.1. The van der Waals surface area contributed by atoms with Gasteiger partial charge in [0.1, 0.15) is 0 Å². The summed E-state index contributed by atoms with van der Waals surface area (Å²) < 4.78 is 0. The van der Waals surface area contributed by atoms with Crippen LogP contribution in [0.2, 0.25) is 0 Å². The standard InChI is InChI=1S/C16H28N2O/c1-10(9-17)15(19)18-11(2)16-6-12-3-13(7-16)5-14(4-12)8-16/h10-14H,3-9,17H2,1-2H3,(H,18,19). The number of carbonyl (C=O) groups excluding carboxylic acids is 1. The van der Waals surface area contributed by atoms with Crippen molar-refractivity contribution in [3.05, 3.63) is 0 Å². The second-order valence-corrected chi connectivity index (χ2v) is 7.65. The molecule has 0 saturated heterocycles.